The Morgan fingerprint density at radius 3 is 2.81 bits per heavy atom. The highest BCUT2D eigenvalue weighted by molar-refractivity contribution is 5.44. The van der Waals surface area contributed by atoms with Crippen LogP contribution >= 0.6 is 0 Å². The van der Waals surface area contributed by atoms with E-state index in [2.05, 4.69) is 19.9 Å². The summed E-state index contributed by atoms with van der Waals surface area (Å²) >= 11 is 0. The van der Waals surface area contributed by atoms with E-state index in [1.807, 2.05) is 18.0 Å². The quantitative estimate of drug-likeness (QED) is 0.854. The van der Waals surface area contributed by atoms with E-state index in [-0.39, 0.29) is 18.0 Å². The molecule has 0 atom stereocenters. The second-order valence-corrected chi connectivity index (χ2v) is 5.38. The van der Waals surface area contributed by atoms with Gasteiger partial charge in [0.05, 0.1) is 30.2 Å². The molecule has 2 aromatic rings. The van der Waals surface area contributed by atoms with Crippen LogP contribution in [0.1, 0.15) is 30.1 Å². The first-order chi connectivity index (χ1) is 10.1. The van der Waals surface area contributed by atoms with Gasteiger partial charge >= 0.3 is 0 Å². The van der Waals surface area contributed by atoms with Crippen molar-refractivity contribution in [2.24, 2.45) is 0 Å². The molecular weight excluding hydrogens is 268 g/mol. The molecule has 0 bridgehead atoms. The summed E-state index contributed by atoms with van der Waals surface area (Å²) in [7, 11) is 1.93. The molecule has 0 spiro atoms. The van der Waals surface area contributed by atoms with Gasteiger partial charge in [-0.25, -0.2) is 4.98 Å². The molecule has 0 unspecified atom stereocenters. The highest BCUT2D eigenvalue weighted by Gasteiger charge is 2.30. The van der Waals surface area contributed by atoms with Gasteiger partial charge in [-0.2, -0.15) is 4.98 Å². The van der Waals surface area contributed by atoms with Crippen LogP contribution in [0.5, 0.6) is 0 Å². The van der Waals surface area contributed by atoms with Crippen LogP contribution < -0.4 is 10.6 Å². The van der Waals surface area contributed by atoms with Crippen LogP contribution in [0.4, 0.5) is 11.8 Å². The molecule has 7 heteroatoms. The first kappa shape index (κ1) is 13.7. The molecule has 1 aliphatic carbocycles. The predicted molar refractivity (Wildman–Crippen MR) is 78.6 cm³/mol. The van der Waals surface area contributed by atoms with Crippen LogP contribution in [0.3, 0.4) is 0 Å². The summed E-state index contributed by atoms with van der Waals surface area (Å²) in [6, 6.07) is 1.93. The van der Waals surface area contributed by atoms with Crippen molar-refractivity contribution in [1.29, 1.82) is 0 Å². The third-order valence-corrected chi connectivity index (χ3v) is 3.69. The van der Waals surface area contributed by atoms with Crippen LogP contribution in [-0.2, 0) is 6.54 Å². The Morgan fingerprint density at radius 2 is 2.14 bits per heavy atom. The van der Waals surface area contributed by atoms with E-state index in [9.17, 15) is 5.11 Å². The number of hydrogen-bond acceptors (Lipinski definition) is 7. The number of aliphatic hydroxyl groups is 1. The number of aromatic nitrogens is 4. The molecule has 0 radical (unpaired) electrons. The summed E-state index contributed by atoms with van der Waals surface area (Å²) in [5, 5.41) is 9.42. The van der Waals surface area contributed by atoms with E-state index >= 15 is 0 Å². The fraction of sp³-hybridized carbons (Fsp3) is 0.429. The van der Waals surface area contributed by atoms with Gasteiger partial charge < -0.3 is 15.7 Å². The first-order valence-electron chi connectivity index (χ1n) is 6.90. The van der Waals surface area contributed by atoms with Crippen molar-refractivity contribution in [3.05, 3.63) is 36.0 Å². The molecule has 0 aliphatic heterocycles. The average Bonchev–Trinajstić information content (AvgIpc) is 2.44. The molecule has 0 amide bonds. The summed E-state index contributed by atoms with van der Waals surface area (Å²) in [6.07, 6.45) is 6.30. The van der Waals surface area contributed by atoms with E-state index in [1.54, 1.807) is 18.6 Å². The van der Waals surface area contributed by atoms with Gasteiger partial charge in [0, 0.05) is 31.4 Å². The van der Waals surface area contributed by atoms with Crippen LogP contribution in [0, 0.1) is 0 Å². The fourth-order valence-electron chi connectivity index (χ4n) is 2.44. The average molecular weight is 286 g/mol. The number of nitrogen functional groups attached to an aromatic ring is 1. The minimum atomic E-state index is -0.216. The molecule has 3 rings (SSSR count). The highest BCUT2D eigenvalue weighted by Crippen LogP contribution is 2.36. The second kappa shape index (κ2) is 5.61. The van der Waals surface area contributed by atoms with E-state index in [1.165, 1.54) is 0 Å². The molecule has 0 aromatic carbocycles. The van der Waals surface area contributed by atoms with Crippen molar-refractivity contribution in [2.45, 2.75) is 31.4 Å². The maximum absolute atomic E-state index is 9.42. The summed E-state index contributed by atoms with van der Waals surface area (Å²) < 4.78 is 0. The lowest BCUT2D eigenvalue weighted by Gasteiger charge is -2.31. The minimum absolute atomic E-state index is 0.216. The zero-order chi connectivity index (χ0) is 14.8. The molecule has 21 heavy (non-hydrogen) atoms. The number of nitrogens with zero attached hydrogens (tertiary/aromatic N) is 5. The van der Waals surface area contributed by atoms with Crippen LogP contribution in [-0.4, -0.2) is 38.2 Å². The lowest BCUT2D eigenvalue weighted by Crippen LogP contribution is -2.28. The van der Waals surface area contributed by atoms with E-state index in [0.717, 1.165) is 30.0 Å². The number of hydrogen-bond donors (Lipinski definition) is 2. The van der Waals surface area contributed by atoms with Gasteiger partial charge in [0.1, 0.15) is 5.82 Å². The lowest BCUT2D eigenvalue weighted by molar-refractivity contribution is 0.0732. The molecule has 1 aliphatic rings. The molecule has 3 N–H and O–H groups in total. The standard InChI is InChI=1S/C14H18N6O/c1-20(8-10-7-16-2-3-17-10)13-6-12(18-14(15)19-13)9-4-11(21)5-9/h2-3,6-7,9,11,21H,4-5,8H2,1H3,(H2,15,18,19). The SMILES string of the molecule is CN(Cc1cnccn1)c1cc(C2CC(O)C2)nc(N)n1. The molecule has 7 nitrogen and oxygen atoms in total. The number of rotatable bonds is 4. The fourth-order valence-corrected chi connectivity index (χ4v) is 2.44. The number of nitrogens with two attached hydrogens (primary N) is 1. The van der Waals surface area contributed by atoms with Gasteiger partial charge in [0.15, 0.2) is 0 Å². The van der Waals surface area contributed by atoms with Crippen molar-refractivity contribution >= 4 is 11.8 Å². The van der Waals surface area contributed by atoms with Gasteiger partial charge in [-0.05, 0) is 12.8 Å². The van der Waals surface area contributed by atoms with Crippen LogP contribution in [0.25, 0.3) is 0 Å². The topological polar surface area (TPSA) is 101 Å². The normalized spacial score (nSPS) is 20.9. The zero-order valence-corrected chi connectivity index (χ0v) is 11.8. The summed E-state index contributed by atoms with van der Waals surface area (Å²) in [5.74, 6) is 1.29. The third kappa shape index (κ3) is 3.08. The first-order valence-corrected chi connectivity index (χ1v) is 6.90. The Bertz CT molecular complexity index is 614. The van der Waals surface area contributed by atoms with Gasteiger partial charge in [-0.1, -0.05) is 0 Å². The highest BCUT2D eigenvalue weighted by atomic mass is 16.3. The second-order valence-electron chi connectivity index (χ2n) is 5.38. The summed E-state index contributed by atoms with van der Waals surface area (Å²) in [6.45, 7) is 0.594. The number of anilines is 2. The maximum atomic E-state index is 9.42. The minimum Gasteiger partial charge on any atom is -0.393 e. The predicted octanol–water partition coefficient (Wildman–Crippen LogP) is 0.724. The molecule has 1 saturated carbocycles. The van der Waals surface area contributed by atoms with E-state index < -0.39 is 0 Å². The Labute approximate surface area is 122 Å². The third-order valence-electron chi connectivity index (χ3n) is 3.69. The Morgan fingerprint density at radius 1 is 1.33 bits per heavy atom. The van der Waals surface area contributed by atoms with Crippen molar-refractivity contribution in [2.75, 3.05) is 17.7 Å². The van der Waals surface area contributed by atoms with Gasteiger partial charge in [-0.15, -0.1) is 0 Å². The van der Waals surface area contributed by atoms with Crippen molar-refractivity contribution < 1.29 is 5.11 Å². The number of aliphatic hydroxyl groups excluding tert-OH is 1. The molecule has 2 aromatic heterocycles. The Kier molecular flexibility index (Phi) is 3.66. The van der Waals surface area contributed by atoms with Crippen molar-refractivity contribution in [3.63, 3.8) is 0 Å². The summed E-state index contributed by atoms with van der Waals surface area (Å²) in [4.78, 5) is 18.8. The lowest BCUT2D eigenvalue weighted by atomic mass is 9.80. The van der Waals surface area contributed by atoms with E-state index in [4.69, 9.17) is 5.73 Å². The van der Waals surface area contributed by atoms with Crippen LogP contribution in [0.15, 0.2) is 24.7 Å². The molecule has 110 valence electrons. The van der Waals surface area contributed by atoms with Gasteiger partial charge in [-0.3, -0.25) is 9.97 Å². The van der Waals surface area contributed by atoms with Crippen molar-refractivity contribution in [1.82, 2.24) is 19.9 Å². The van der Waals surface area contributed by atoms with Crippen molar-refractivity contribution in [3.8, 4) is 0 Å². The van der Waals surface area contributed by atoms with Gasteiger partial charge in [0.25, 0.3) is 0 Å². The maximum Gasteiger partial charge on any atom is 0.222 e. The smallest absolute Gasteiger partial charge is 0.222 e. The van der Waals surface area contributed by atoms with Crippen LogP contribution in [0.2, 0.25) is 0 Å². The molecule has 1 fully saturated rings. The zero-order valence-electron chi connectivity index (χ0n) is 11.8. The van der Waals surface area contributed by atoms with E-state index in [0.29, 0.717) is 6.54 Å². The Hall–Kier alpha value is -2.28. The molecule has 2 heterocycles. The molecular formula is C14H18N6O. The monoisotopic (exact) mass is 286 g/mol. The Balaban J connectivity index is 1.78. The molecule has 0 saturated heterocycles. The summed E-state index contributed by atoms with van der Waals surface area (Å²) in [5.41, 5.74) is 7.56. The largest absolute Gasteiger partial charge is 0.393 e. The van der Waals surface area contributed by atoms with Gasteiger partial charge in [0.2, 0.25) is 5.95 Å².